The molecule has 0 aliphatic carbocycles. The Labute approximate surface area is 148 Å². The maximum atomic E-state index is 12.6. The van der Waals surface area contributed by atoms with E-state index in [4.69, 9.17) is 0 Å². The Balaban J connectivity index is 1.81. The third-order valence-electron chi connectivity index (χ3n) is 4.61. The molecule has 2 aromatic rings. The molecule has 0 unspecified atom stereocenters. The molecule has 1 aliphatic rings. The number of amides is 2. The summed E-state index contributed by atoms with van der Waals surface area (Å²) in [5.41, 5.74) is 3.70. The molecule has 0 saturated carbocycles. The fourth-order valence-electron chi connectivity index (χ4n) is 3.17. The zero-order valence-electron chi connectivity index (χ0n) is 14.7. The van der Waals surface area contributed by atoms with Gasteiger partial charge in [-0.05, 0) is 49.4 Å². The highest BCUT2D eigenvalue weighted by atomic mass is 16.2. The molecule has 1 aromatic carbocycles. The van der Waals surface area contributed by atoms with Crippen LogP contribution in [0.4, 0.5) is 5.69 Å². The quantitative estimate of drug-likeness (QED) is 0.929. The number of anilines is 1. The highest BCUT2D eigenvalue weighted by Gasteiger charge is 2.21. The Morgan fingerprint density at radius 3 is 2.68 bits per heavy atom. The Morgan fingerprint density at radius 2 is 1.96 bits per heavy atom. The summed E-state index contributed by atoms with van der Waals surface area (Å²) in [4.78, 5) is 31.1. The van der Waals surface area contributed by atoms with Gasteiger partial charge >= 0.3 is 0 Å². The van der Waals surface area contributed by atoms with Crippen molar-refractivity contribution in [3.63, 3.8) is 0 Å². The monoisotopic (exact) mass is 337 g/mol. The first-order valence-electron chi connectivity index (χ1n) is 8.75. The second kappa shape index (κ2) is 7.47. The number of nitrogens with zero attached hydrogens (tertiary/aromatic N) is 2. The van der Waals surface area contributed by atoms with Crippen LogP contribution in [0.15, 0.2) is 36.5 Å². The molecule has 2 amide bonds. The molecule has 1 N–H and O–H groups in total. The largest absolute Gasteiger partial charge is 0.339 e. The molecule has 25 heavy (non-hydrogen) atoms. The SMILES string of the molecule is CCc1cccc(C)c1NC(=O)c1cc(C(=O)N2CCCC2)ccn1. The summed E-state index contributed by atoms with van der Waals surface area (Å²) in [5.74, 6) is -0.320. The van der Waals surface area contributed by atoms with Crippen molar-refractivity contribution in [3.8, 4) is 0 Å². The molecule has 1 fully saturated rings. The predicted octanol–water partition coefficient (Wildman–Crippen LogP) is 3.44. The normalized spacial score (nSPS) is 13.8. The first-order chi connectivity index (χ1) is 12.1. The number of carbonyl (C=O) groups excluding carboxylic acids is 2. The molecular formula is C20H23N3O2. The highest BCUT2D eigenvalue weighted by Crippen LogP contribution is 2.22. The number of para-hydroxylation sites is 1. The zero-order valence-corrected chi connectivity index (χ0v) is 14.7. The van der Waals surface area contributed by atoms with Crippen LogP contribution >= 0.6 is 0 Å². The molecule has 1 aromatic heterocycles. The molecule has 1 saturated heterocycles. The van der Waals surface area contributed by atoms with Gasteiger partial charge < -0.3 is 10.2 Å². The Bertz CT molecular complexity index is 795. The van der Waals surface area contributed by atoms with Gasteiger partial charge in [-0.25, -0.2) is 0 Å². The van der Waals surface area contributed by atoms with Crippen molar-refractivity contribution in [1.82, 2.24) is 9.88 Å². The molecule has 5 heteroatoms. The second-order valence-corrected chi connectivity index (χ2v) is 6.35. The van der Waals surface area contributed by atoms with Crippen molar-refractivity contribution < 1.29 is 9.59 Å². The molecule has 0 bridgehead atoms. The summed E-state index contributed by atoms with van der Waals surface area (Å²) in [6.45, 7) is 5.59. The predicted molar refractivity (Wildman–Crippen MR) is 97.9 cm³/mol. The third-order valence-corrected chi connectivity index (χ3v) is 4.61. The number of pyridine rings is 1. The van der Waals surface area contributed by atoms with Gasteiger partial charge in [0.2, 0.25) is 0 Å². The number of aryl methyl sites for hydroxylation is 2. The molecule has 3 rings (SSSR count). The van der Waals surface area contributed by atoms with Gasteiger partial charge in [-0.3, -0.25) is 14.6 Å². The smallest absolute Gasteiger partial charge is 0.274 e. The van der Waals surface area contributed by atoms with E-state index in [1.807, 2.05) is 30.0 Å². The van der Waals surface area contributed by atoms with Crippen LogP contribution < -0.4 is 5.32 Å². The Kier molecular flexibility index (Phi) is 5.12. The van der Waals surface area contributed by atoms with Crippen molar-refractivity contribution in [2.24, 2.45) is 0 Å². The van der Waals surface area contributed by atoms with Crippen LogP contribution in [0.5, 0.6) is 0 Å². The van der Waals surface area contributed by atoms with Gasteiger partial charge in [0, 0.05) is 30.5 Å². The average Bonchev–Trinajstić information content (AvgIpc) is 3.17. The summed E-state index contributed by atoms with van der Waals surface area (Å²) >= 11 is 0. The van der Waals surface area contributed by atoms with Gasteiger partial charge in [-0.1, -0.05) is 25.1 Å². The van der Waals surface area contributed by atoms with E-state index in [0.717, 1.165) is 49.2 Å². The van der Waals surface area contributed by atoms with E-state index >= 15 is 0 Å². The minimum absolute atomic E-state index is 0.0286. The van der Waals surface area contributed by atoms with E-state index < -0.39 is 0 Å². The number of aromatic nitrogens is 1. The van der Waals surface area contributed by atoms with Gasteiger partial charge in [0.1, 0.15) is 5.69 Å². The van der Waals surface area contributed by atoms with Gasteiger partial charge in [0.05, 0.1) is 0 Å². The van der Waals surface area contributed by atoms with Gasteiger partial charge in [0.25, 0.3) is 11.8 Å². The summed E-state index contributed by atoms with van der Waals surface area (Å²) in [6, 6.07) is 9.21. The van der Waals surface area contributed by atoms with Gasteiger partial charge in [0.15, 0.2) is 0 Å². The minimum atomic E-state index is -0.292. The van der Waals surface area contributed by atoms with Crippen LogP contribution in [0.25, 0.3) is 0 Å². The lowest BCUT2D eigenvalue weighted by Gasteiger charge is -2.16. The maximum absolute atomic E-state index is 12.6. The molecule has 0 spiro atoms. The molecule has 1 aliphatic heterocycles. The highest BCUT2D eigenvalue weighted by molar-refractivity contribution is 6.05. The Morgan fingerprint density at radius 1 is 1.20 bits per heavy atom. The van der Waals surface area contributed by atoms with Crippen molar-refractivity contribution in [3.05, 3.63) is 58.9 Å². The van der Waals surface area contributed by atoms with E-state index in [1.165, 1.54) is 6.20 Å². The van der Waals surface area contributed by atoms with Gasteiger partial charge in [-0.2, -0.15) is 0 Å². The van der Waals surface area contributed by atoms with Crippen molar-refractivity contribution in [1.29, 1.82) is 0 Å². The number of nitrogens with one attached hydrogen (secondary N) is 1. The van der Waals surface area contributed by atoms with E-state index in [0.29, 0.717) is 5.56 Å². The molecule has 2 heterocycles. The first-order valence-corrected chi connectivity index (χ1v) is 8.75. The third kappa shape index (κ3) is 3.71. The van der Waals surface area contributed by atoms with Crippen molar-refractivity contribution in [2.75, 3.05) is 18.4 Å². The zero-order chi connectivity index (χ0) is 17.8. The van der Waals surface area contributed by atoms with Crippen LogP contribution in [0.1, 0.15) is 51.7 Å². The van der Waals surface area contributed by atoms with Crippen LogP contribution in [-0.4, -0.2) is 34.8 Å². The second-order valence-electron chi connectivity index (χ2n) is 6.35. The topological polar surface area (TPSA) is 62.3 Å². The summed E-state index contributed by atoms with van der Waals surface area (Å²) in [7, 11) is 0. The molecule has 0 radical (unpaired) electrons. The van der Waals surface area contributed by atoms with E-state index in [1.54, 1.807) is 12.1 Å². The van der Waals surface area contributed by atoms with Crippen molar-refractivity contribution >= 4 is 17.5 Å². The van der Waals surface area contributed by atoms with Crippen LogP contribution in [-0.2, 0) is 6.42 Å². The molecule has 130 valence electrons. The number of benzene rings is 1. The lowest BCUT2D eigenvalue weighted by atomic mass is 10.1. The standard InChI is InChI=1S/C20H23N3O2/c1-3-15-8-6-7-14(2)18(15)22-19(24)17-13-16(9-10-21-17)20(25)23-11-4-5-12-23/h6-10,13H,3-5,11-12H2,1-2H3,(H,22,24). The minimum Gasteiger partial charge on any atom is -0.339 e. The molecule has 5 nitrogen and oxygen atoms in total. The number of rotatable bonds is 4. The lowest BCUT2D eigenvalue weighted by molar-refractivity contribution is 0.0792. The van der Waals surface area contributed by atoms with E-state index in [-0.39, 0.29) is 17.5 Å². The molecule has 0 atom stereocenters. The van der Waals surface area contributed by atoms with Crippen LogP contribution in [0.2, 0.25) is 0 Å². The lowest BCUT2D eigenvalue weighted by Crippen LogP contribution is -2.28. The van der Waals surface area contributed by atoms with E-state index in [2.05, 4.69) is 17.2 Å². The molecular weight excluding hydrogens is 314 g/mol. The average molecular weight is 337 g/mol. The summed E-state index contributed by atoms with van der Waals surface area (Å²) in [6.07, 6.45) is 4.43. The first kappa shape index (κ1) is 17.1. The fraction of sp³-hybridized carbons (Fsp3) is 0.350. The van der Waals surface area contributed by atoms with Gasteiger partial charge in [-0.15, -0.1) is 0 Å². The fourth-order valence-corrected chi connectivity index (χ4v) is 3.17. The Hall–Kier alpha value is -2.69. The number of hydrogen-bond acceptors (Lipinski definition) is 3. The summed E-state index contributed by atoms with van der Waals surface area (Å²) < 4.78 is 0. The summed E-state index contributed by atoms with van der Waals surface area (Å²) in [5, 5.41) is 2.96. The number of likely N-dealkylation sites (tertiary alicyclic amines) is 1. The van der Waals surface area contributed by atoms with E-state index in [9.17, 15) is 9.59 Å². The number of hydrogen-bond donors (Lipinski definition) is 1. The van der Waals surface area contributed by atoms with Crippen LogP contribution in [0, 0.1) is 6.92 Å². The van der Waals surface area contributed by atoms with Crippen molar-refractivity contribution in [2.45, 2.75) is 33.1 Å². The van der Waals surface area contributed by atoms with Crippen LogP contribution in [0.3, 0.4) is 0 Å². The number of carbonyl (C=O) groups is 2. The maximum Gasteiger partial charge on any atom is 0.274 e.